The summed E-state index contributed by atoms with van der Waals surface area (Å²) in [5, 5.41) is 4.95. The van der Waals surface area contributed by atoms with Gasteiger partial charge in [-0.15, -0.1) is 0 Å². The topological polar surface area (TPSA) is 148 Å². The average molecular weight is 719 g/mol. The van der Waals surface area contributed by atoms with Crippen molar-refractivity contribution in [1.82, 2.24) is 10.6 Å². The Morgan fingerprint density at radius 1 is 0.725 bits per heavy atom. The molecule has 3 aromatic carbocycles. The molecule has 0 aromatic heterocycles. The highest BCUT2D eigenvalue weighted by Crippen LogP contribution is 2.33. The first-order valence-electron chi connectivity index (χ1n) is 16.2. The van der Waals surface area contributed by atoms with E-state index in [1.165, 1.54) is 26.4 Å². The van der Waals surface area contributed by atoms with Crippen LogP contribution in [0, 0.1) is 0 Å². The van der Waals surface area contributed by atoms with Crippen LogP contribution in [0.25, 0.3) is 12.2 Å². The van der Waals surface area contributed by atoms with Gasteiger partial charge >= 0.3 is 24.1 Å². The third-order valence-corrected chi connectivity index (χ3v) is 8.42. The zero-order valence-electron chi connectivity index (χ0n) is 30.3. The van der Waals surface area contributed by atoms with Crippen LogP contribution >= 0.6 is 0 Å². The van der Waals surface area contributed by atoms with Gasteiger partial charge in [0.1, 0.15) is 29.4 Å². The lowest BCUT2D eigenvalue weighted by molar-refractivity contribution is -0.139. The summed E-state index contributed by atoms with van der Waals surface area (Å²) in [6.07, 6.45) is 1.28. The van der Waals surface area contributed by atoms with Gasteiger partial charge in [0.05, 0.1) is 20.8 Å². The van der Waals surface area contributed by atoms with Gasteiger partial charge in [-0.05, 0) is 79.9 Å². The summed E-state index contributed by atoms with van der Waals surface area (Å²) in [4.78, 5) is 50.5. The molecule has 0 fully saturated rings. The molecule has 0 aliphatic rings. The minimum absolute atomic E-state index is 0.0178. The van der Waals surface area contributed by atoms with Gasteiger partial charge in [0.15, 0.2) is 11.5 Å². The molecule has 3 rings (SSSR count). The minimum Gasteiger partial charge on any atom is -0.493 e. The molecular weight excluding hydrogens is 673 g/mol. The van der Waals surface area contributed by atoms with Crippen LogP contribution in [-0.4, -0.2) is 58.6 Å². The quantitative estimate of drug-likeness (QED) is 0.0736. The number of ether oxygens (including phenoxy) is 6. The van der Waals surface area contributed by atoms with E-state index in [1.54, 1.807) is 63.2 Å². The summed E-state index contributed by atoms with van der Waals surface area (Å²) in [6, 6.07) is 21.6. The lowest BCUT2D eigenvalue weighted by atomic mass is 10.1. The number of carbonyl (C=O) groups is 4. The van der Waals surface area contributed by atoms with Crippen molar-refractivity contribution < 1.29 is 47.6 Å². The Balaban J connectivity index is 1.84. The fourth-order valence-electron chi connectivity index (χ4n) is 4.17. The van der Waals surface area contributed by atoms with E-state index >= 15 is 0 Å². The normalized spacial score (nSPS) is 11.9. The smallest absolute Gasteiger partial charge is 0.412 e. The van der Waals surface area contributed by atoms with Crippen LogP contribution < -0.4 is 20.1 Å². The molecule has 2 amide bonds. The summed E-state index contributed by atoms with van der Waals surface area (Å²) in [5.74, 6) is -0.331. The van der Waals surface area contributed by atoms with Gasteiger partial charge in [-0.1, -0.05) is 68.2 Å². The maximum atomic E-state index is 13.2. The molecule has 0 spiro atoms. The van der Waals surface area contributed by atoms with E-state index in [1.807, 2.05) is 30.3 Å². The van der Waals surface area contributed by atoms with E-state index in [0.29, 0.717) is 28.4 Å². The number of rotatable bonds is 14. The molecule has 0 unspecified atom stereocenters. The lowest BCUT2D eigenvalue weighted by Gasteiger charge is -2.20. The highest BCUT2D eigenvalue weighted by atomic mass is 28.3. The lowest BCUT2D eigenvalue weighted by Crippen LogP contribution is -2.34. The van der Waals surface area contributed by atoms with Crippen LogP contribution in [-0.2, 0) is 35.1 Å². The molecular formula is C38H46N2O10Si. The molecule has 0 heterocycles. The second kappa shape index (κ2) is 18.4. The van der Waals surface area contributed by atoms with E-state index in [2.05, 4.69) is 30.3 Å². The van der Waals surface area contributed by atoms with Crippen LogP contribution in [0.5, 0.6) is 17.2 Å². The Morgan fingerprint density at radius 2 is 1.33 bits per heavy atom. The Hall–Kier alpha value is -5.56. The molecule has 0 atom stereocenters. The highest BCUT2D eigenvalue weighted by Gasteiger charge is 2.21. The average Bonchev–Trinajstić information content (AvgIpc) is 3.06. The van der Waals surface area contributed by atoms with Crippen molar-refractivity contribution in [1.29, 1.82) is 0 Å². The number of esters is 2. The van der Waals surface area contributed by atoms with Gasteiger partial charge < -0.3 is 28.4 Å². The van der Waals surface area contributed by atoms with Crippen molar-refractivity contribution in [3.8, 4) is 17.2 Å². The second-order valence-corrected chi connectivity index (χ2v) is 19.1. The van der Waals surface area contributed by atoms with Crippen LogP contribution in [0.4, 0.5) is 9.59 Å². The first-order chi connectivity index (χ1) is 24.0. The van der Waals surface area contributed by atoms with Gasteiger partial charge in [-0.25, -0.2) is 19.2 Å². The maximum Gasteiger partial charge on any atom is 0.412 e. The molecule has 13 heteroatoms. The number of hydrogen-bond donors (Lipinski definition) is 2. The summed E-state index contributed by atoms with van der Waals surface area (Å²) in [5.41, 5.74) is 0.859. The third-order valence-electron chi connectivity index (χ3n) is 6.71. The Kier molecular flexibility index (Phi) is 14.4. The predicted molar refractivity (Wildman–Crippen MR) is 196 cm³/mol. The minimum atomic E-state index is -1.49. The molecule has 0 aliphatic heterocycles. The van der Waals surface area contributed by atoms with Crippen molar-refractivity contribution in [3.63, 3.8) is 0 Å². The molecule has 2 N–H and O–H groups in total. The zero-order chi connectivity index (χ0) is 37.6. The van der Waals surface area contributed by atoms with Crippen molar-refractivity contribution in [2.45, 2.75) is 58.7 Å². The summed E-state index contributed by atoms with van der Waals surface area (Å²) >= 11 is 0. The molecule has 51 heavy (non-hydrogen) atoms. The van der Waals surface area contributed by atoms with Gasteiger partial charge in [0.2, 0.25) is 0 Å². The summed E-state index contributed by atoms with van der Waals surface area (Å²) in [6.45, 7) is 11.9. The Bertz CT molecular complexity index is 1720. The van der Waals surface area contributed by atoms with E-state index < -0.39 is 37.8 Å². The van der Waals surface area contributed by atoms with E-state index in [-0.39, 0.29) is 24.6 Å². The Labute approximate surface area is 299 Å². The van der Waals surface area contributed by atoms with Crippen LogP contribution in [0.15, 0.2) is 84.2 Å². The monoisotopic (exact) mass is 718 g/mol. The summed E-state index contributed by atoms with van der Waals surface area (Å²) < 4.78 is 32.5. The van der Waals surface area contributed by atoms with Crippen molar-refractivity contribution in [2.75, 3.05) is 20.8 Å². The van der Waals surface area contributed by atoms with Crippen molar-refractivity contribution in [2.24, 2.45) is 0 Å². The molecule has 12 nitrogen and oxygen atoms in total. The second-order valence-electron chi connectivity index (χ2n) is 13.4. The molecule has 0 aliphatic carbocycles. The van der Waals surface area contributed by atoms with Crippen LogP contribution in [0.2, 0.25) is 25.7 Å². The van der Waals surface area contributed by atoms with E-state index in [0.717, 1.165) is 11.6 Å². The van der Waals surface area contributed by atoms with Gasteiger partial charge in [0, 0.05) is 8.07 Å². The van der Waals surface area contributed by atoms with Crippen LogP contribution in [0.3, 0.4) is 0 Å². The van der Waals surface area contributed by atoms with E-state index in [4.69, 9.17) is 28.4 Å². The van der Waals surface area contributed by atoms with Gasteiger partial charge in [-0.2, -0.15) is 0 Å². The van der Waals surface area contributed by atoms with Gasteiger partial charge in [-0.3, -0.25) is 10.6 Å². The van der Waals surface area contributed by atoms with Crippen LogP contribution in [0.1, 0.15) is 37.5 Å². The standard InChI is InChI=1S/C38H46N2O10Si/c1-38(2,3)50-37(44)40-30(34(41)46-5)22-26-14-17-29(18-15-26)49-33-24-28(16-19-32(33)45-4)23-31(35(42)47-20-21-51(6,7)8)39-36(43)48-25-27-12-10-9-11-13-27/h9-19,22-24H,20-21,25H2,1-8H3,(H,39,43)(H,40,44)/b30-22-,31-23-. The summed E-state index contributed by atoms with van der Waals surface area (Å²) in [7, 11) is 1.20. The number of hydrogen-bond acceptors (Lipinski definition) is 10. The molecule has 0 bridgehead atoms. The molecule has 0 saturated heterocycles. The van der Waals surface area contributed by atoms with Crippen molar-refractivity contribution in [3.05, 3.63) is 101 Å². The number of carbonyl (C=O) groups excluding carboxylic acids is 4. The first kappa shape index (κ1) is 39.9. The number of nitrogens with one attached hydrogen (secondary N) is 2. The zero-order valence-corrected chi connectivity index (χ0v) is 31.3. The maximum absolute atomic E-state index is 13.2. The number of alkyl carbamates (subject to hydrolysis) is 2. The molecule has 272 valence electrons. The fourth-order valence-corrected chi connectivity index (χ4v) is 4.88. The molecule has 3 aromatic rings. The fraction of sp³-hybridized carbons (Fsp3) is 0.316. The number of benzene rings is 3. The van der Waals surface area contributed by atoms with E-state index in [9.17, 15) is 19.2 Å². The SMILES string of the molecule is COC(=O)/C(=C/c1ccc(Oc2cc(/C=C(\NC(=O)OCc3ccccc3)C(=O)OCC[Si](C)(C)C)ccc2OC)cc1)NC(=O)OC(C)(C)C. The highest BCUT2D eigenvalue weighted by molar-refractivity contribution is 6.76. The molecule has 0 saturated carbocycles. The predicted octanol–water partition coefficient (Wildman–Crippen LogP) is 7.67. The van der Waals surface area contributed by atoms with Crippen molar-refractivity contribution >= 4 is 44.4 Å². The third kappa shape index (κ3) is 14.4. The largest absolute Gasteiger partial charge is 0.493 e. The molecule has 0 radical (unpaired) electrons. The number of amides is 2. The first-order valence-corrected chi connectivity index (χ1v) is 19.9. The van der Waals surface area contributed by atoms with Gasteiger partial charge in [0.25, 0.3) is 0 Å². The Morgan fingerprint density at radius 3 is 1.94 bits per heavy atom. The number of methoxy groups -OCH3 is 2.